The summed E-state index contributed by atoms with van der Waals surface area (Å²) in [6.07, 6.45) is 8.75. The topological polar surface area (TPSA) is 54.9 Å². The van der Waals surface area contributed by atoms with Crippen molar-refractivity contribution in [3.63, 3.8) is 0 Å². The Morgan fingerprint density at radius 1 is 1.12 bits per heavy atom. The highest BCUT2D eigenvalue weighted by Gasteiger charge is 1.96. The van der Waals surface area contributed by atoms with Crippen LogP contribution in [0.3, 0.4) is 0 Å². The molecule has 0 saturated carbocycles. The number of hydrogen-bond acceptors (Lipinski definition) is 2. The van der Waals surface area contributed by atoms with E-state index in [4.69, 9.17) is 0 Å². The van der Waals surface area contributed by atoms with Crippen LogP contribution < -0.4 is 11.2 Å². The monoisotopic (exact) mass is 224 g/mol. The van der Waals surface area contributed by atoms with Crippen LogP contribution in [0, 0.1) is 0 Å². The van der Waals surface area contributed by atoms with E-state index in [-0.39, 0.29) is 11.2 Å². The summed E-state index contributed by atoms with van der Waals surface area (Å²) in [5, 5.41) is 0. The predicted molar refractivity (Wildman–Crippen MR) is 64.7 cm³/mol. The standard InChI is InChI=1S/C12H20N2O2/c1-2-3-4-5-6-7-9-14-10-8-11(15)13-12(14)16/h8,10H,2-7,9H2,1H3,(H,13,15,16). The van der Waals surface area contributed by atoms with E-state index in [1.165, 1.54) is 31.7 Å². The highest BCUT2D eigenvalue weighted by molar-refractivity contribution is 4.82. The van der Waals surface area contributed by atoms with Crippen molar-refractivity contribution in [3.05, 3.63) is 33.1 Å². The lowest BCUT2D eigenvalue weighted by molar-refractivity contribution is 0.542. The van der Waals surface area contributed by atoms with Gasteiger partial charge in [0.1, 0.15) is 0 Å². The summed E-state index contributed by atoms with van der Waals surface area (Å²) in [6, 6.07) is 1.39. The Morgan fingerprint density at radius 2 is 1.81 bits per heavy atom. The van der Waals surface area contributed by atoms with Crippen molar-refractivity contribution < 1.29 is 0 Å². The highest BCUT2D eigenvalue weighted by Crippen LogP contribution is 2.05. The first kappa shape index (κ1) is 12.7. The summed E-state index contributed by atoms with van der Waals surface area (Å²) in [5.41, 5.74) is -0.634. The van der Waals surface area contributed by atoms with Gasteiger partial charge in [-0.3, -0.25) is 9.78 Å². The zero-order valence-corrected chi connectivity index (χ0v) is 9.87. The van der Waals surface area contributed by atoms with Crippen LogP contribution in [0.5, 0.6) is 0 Å². The average Bonchev–Trinajstić information content (AvgIpc) is 2.26. The zero-order chi connectivity index (χ0) is 11.8. The van der Waals surface area contributed by atoms with Crippen molar-refractivity contribution in [2.45, 2.75) is 52.0 Å². The summed E-state index contributed by atoms with van der Waals surface area (Å²) in [4.78, 5) is 24.4. The first-order valence-electron chi connectivity index (χ1n) is 6.04. The Hall–Kier alpha value is -1.32. The van der Waals surface area contributed by atoms with Gasteiger partial charge in [0.05, 0.1) is 0 Å². The molecule has 0 radical (unpaired) electrons. The summed E-state index contributed by atoms with van der Waals surface area (Å²) in [6.45, 7) is 2.89. The molecule has 1 aromatic rings. The van der Waals surface area contributed by atoms with E-state index in [0.717, 1.165) is 12.8 Å². The van der Waals surface area contributed by atoms with Crippen molar-refractivity contribution in [2.24, 2.45) is 0 Å². The van der Waals surface area contributed by atoms with E-state index in [0.29, 0.717) is 6.54 Å². The lowest BCUT2D eigenvalue weighted by Gasteiger charge is -2.03. The molecule has 0 saturated heterocycles. The minimum atomic E-state index is -0.329. The number of hydrogen-bond donors (Lipinski definition) is 1. The lowest BCUT2D eigenvalue weighted by Crippen LogP contribution is -2.28. The molecule has 0 bridgehead atoms. The number of aromatic nitrogens is 2. The van der Waals surface area contributed by atoms with E-state index in [9.17, 15) is 9.59 Å². The van der Waals surface area contributed by atoms with Crippen LogP contribution in [0.25, 0.3) is 0 Å². The number of aryl methyl sites for hydroxylation is 1. The summed E-state index contributed by atoms with van der Waals surface area (Å²) in [5.74, 6) is 0. The van der Waals surface area contributed by atoms with Crippen LogP contribution >= 0.6 is 0 Å². The third-order valence-electron chi connectivity index (χ3n) is 2.65. The van der Waals surface area contributed by atoms with Gasteiger partial charge in [0.2, 0.25) is 0 Å². The first-order valence-corrected chi connectivity index (χ1v) is 6.04. The normalized spacial score (nSPS) is 10.6. The summed E-state index contributed by atoms with van der Waals surface area (Å²) >= 11 is 0. The summed E-state index contributed by atoms with van der Waals surface area (Å²) in [7, 11) is 0. The molecule has 1 aromatic heterocycles. The molecule has 0 aliphatic rings. The second kappa shape index (κ2) is 7.04. The highest BCUT2D eigenvalue weighted by atomic mass is 16.2. The minimum absolute atomic E-state index is 0.305. The molecular formula is C12H20N2O2. The Labute approximate surface area is 95.3 Å². The van der Waals surface area contributed by atoms with Gasteiger partial charge in [0.15, 0.2) is 0 Å². The predicted octanol–water partition coefficient (Wildman–Crippen LogP) is 1.90. The molecule has 0 fully saturated rings. The maximum absolute atomic E-state index is 11.3. The molecular weight excluding hydrogens is 204 g/mol. The van der Waals surface area contributed by atoms with Gasteiger partial charge in [-0.25, -0.2) is 4.79 Å². The van der Waals surface area contributed by atoms with Gasteiger partial charge in [-0.05, 0) is 6.42 Å². The molecule has 1 heterocycles. The third-order valence-corrected chi connectivity index (χ3v) is 2.65. The molecule has 0 atom stereocenters. The SMILES string of the molecule is CCCCCCCCn1ccc(=O)[nH]c1=O. The minimum Gasteiger partial charge on any atom is -0.301 e. The van der Waals surface area contributed by atoms with E-state index >= 15 is 0 Å². The van der Waals surface area contributed by atoms with E-state index < -0.39 is 0 Å². The molecule has 0 aromatic carbocycles. The number of rotatable bonds is 7. The van der Waals surface area contributed by atoms with Crippen molar-refractivity contribution in [2.75, 3.05) is 0 Å². The van der Waals surface area contributed by atoms with Crippen LogP contribution in [-0.4, -0.2) is 9.55 Å². The Kier molecular flexibility index (Phi) is 5.61. The lowest BCUT2D eigenvalue weighted by atomic mass is 10.1. The fourth-order valence-electron chi connectivity index (χ4n) is 1.68. The molecule has 0 unspecified atom stereocenters. The van der Waals surface area contributed by atoms with Crippen LogP contribution in [-0.2, 0) is 6.54 Å². The molecule has 0 spiro atoms. The largest absolute Gasteiger partial charge is 0.328 e. The fourth-order valence-corrected chi connectivity index (χ4v) is 1.68. The van der Waals surface area contributed by atoms with Gasteiger partial charge in [0.25, 0.3) is 5.56 Å². The fraction of sp³-hybridized carbons (Fsp3) is 0.667. The van der Waals surface area contributed by atoms with Crippen molar-refractivity contribution in [3.8, 4) is 0 Å². The number of unbranched alkanes of at least 4 members (excludes halogenated alkanes) is 5. The quantitative estimate of drug-likeness (QED) is 0.719. The van der Waals surface area contributed by atoms with Crippen LogP contribution in [0.4, 0.5) is 0 Å². The number of nitrogens with one attached hydrogen (secondary N) is 1. The van der Waals surface area contributed by atoms with Gasteiger partial charge in [-0.15, -0.1) is 0 Å². The number of H-pyrrole nitrogens is 1. The molecule has 0 aliphatic heterocycles. The van der Waals surface area contributed by atoms with Crippen LogP contribution in [0.1, 0.15) is 45.4 Å². The van der Waals surface area contributed by atoms with Crippen molar-refractivity contribution >= 4 is 0 Å². The van der Waals surface area contributed by atoms with Crippen LogP contribution in [0.15, 0.2) is 21.9 Å². The zero-order valence-electron chi connectivity index (χ0n) is 9.87. The average molecular weight is 224 g/mol. The van der Waals surface area contributed by atoms with Crippen molar-refractivity contribution in [1.82, 2.24) is 9.55 Å². The number of aromatic amines is 1. The Bertz CT molecular complexity index is 406. The van der Waals surface area contributed by atoms with Gasteiger partial charge in [-0.2, -0.15) is 0 Å². The van der Waals surface area contributed by atoms with Gasteiger partial charge in [-0.1, -0.05) is 39.0 Å². The molecule has 4 heteroatoms. The van der Waals surface area contributed by atoms with Crippen molar-refractivity contribution in [1.29, 1.82) is 0 Å². The van der Waals surface area contributed by atoms with E-state index in [2.05, 4.69) is 11.9 Å². The Balaban J connectivity index is 2.27. The third kappa shape index (κ3) is 4.47. The second-order valence-electron chi connectivity index (χ2n) is 4.07. The first-order chi connectivity index (χ1) is 7.74. The molecule has 4 nitrogen and oxygen atoms in total. The molecule has 1 rings (SSSR count). The molecule has 90 valence electrons. The number of nitrogens with zero attached hydrogens (tertiary/aromatic N) is 1. The second-order valence-corrected chi connectivity index (χ2v) is 4.07. The van der Waals surface area contributed by atoms with Gasteiger partial charge < -0.3 is 4.57 Å². The molecule has 1 N–H and O–H groups in total. The molecule has 0 amide bonds. The van der Waals surface area contributed by atoms with Crippen LogP contribution in [0.2, 0.25) is 0 Å². The molecule has 0 aliphatic carbocycles. The maximum Gasteiger partial charge on any atom is 0.328 e. The summed E-state index contributed by atoms with van der Waals surface area (Å²) < 4.78 is 1.56. The molecule has 16 heavy (non-hydrogen) atoms. The van der Waals surface area contributed by atoms with E-state index in [1.54, 1.807) is 10.8 Å². The maximum atomic E-state index is 11.3. The Morgan fingerprint density at radius 3 is 2.50 bits per heavy atom. The smallest absolute Gasteiger partial charge is 0.301 e. The van der Waals surface area contributed by atoms with Gasteiger partial charge >= 0.3 is 5.69 Å². The van der Waals surface area contributed by atoms with E-state index in [1.807, 2.05) is 0 Å². The van der Waals surface area contributed by atoms with Gasteiger partial charge in [0, 0.05) is 18.8 Å².